The Morgan fingerprint density at radius 2 is 1.86 bits per heavy atom. The maximum absolute atomic E-state index is 14.5. The van der Waals surface area contributed by atoms with Gasteiger partial charge in [0.25, 0.3) is 0 Å². The molecule has 0 spiro atoms. The lowest BCUT2D eigenvalue weighted by Gasteiger charge is -2.36. The topological polar surface area (TPSA) is 38.8 Å². The van der Waals surface area contributed by atoms with Crippen molar-refractivity contribution in [2.45, 2.75) is 38.2 Å². The zero-order valence-electron chi connectivity index (χ0n) is 15.1. The van der Waals surface area contributed by atoms with Gasteiger partial charge in [-0.15, -0.1) is 13.2 Å². The number of hydrogen-bond acceptors (Lipinski definition) is 3. The van der Waals surface area contributed by atoms with Gasteiger partial charge >= 0.3 is 6.36 Å². The SMILES string of the molecule is COc1cccc(F)c1C1CCCC(=O)N1Cc1ccc(OC(F)(F)F)cc1. The fraction of sp³-hybridized carbons (Fsp3) is 0.350. The minimum atomic E-state index is -4.77. The van der Waals surface area contributed by atoms with Crippen LogP contribution >= 0.6 is 0 Å². The fourth-order valence-electron chi connectivity index (χ4n) is 3.43. The lowest BCUT2D eigenvalue weighted by atomic mass is 9.93. The second kappa shape index (κ2) is 8.08. The number of piperidine rings is 1. The summed E-state index contributed by atoms with van der Waals surface area (Å²) in [5.74, 6) is -0.581. The minimum absolute atomic E-state index is 0.142. The van der Waals surface area contributed by atoms with Gasteiger partial charge in [-0.25, -0.2) is 4.39 Å². The van der Waals surface area contributed by atoms with E-state index in [0.29, 0.717) is 36.1 Å². The van der Waals surface area contributed by atoms with Crippen molar-refractivity contribution in [2.75, 3.05) is 7.11 Å². The highest BCUT2D eigenvalue weighted by Crippen LogP contribution is 2.39. The van der Waals surface area contributed by atoms with Gasteiger partial charge in [0.05, 0.1) is 18.7 Å². The number of nitrogens with zero attached hydrogens (tertiary/aromatic N) is 1. The van der Waals surface area contributed by atoms with Crippen LogP contribution in [0.1, 0.15) is 36.4 Å². The van der Waals surface area contributed by atoms with Crippen LogP contribution in [0.5, 0.6) is 11.5 Å². The maximum Gasteiger partial charge on any atom is 0.573 e. The van der Waals surface area contributed by atoms with Gasteiger partial charge in [0.1, 0.15) is 17.3 Å². The van der Waals surface area contributed by atoms with Gasteiger partial charge in [0.2, 0.25) is 5.91 Å². The zero-order chi connectivity index (χ0) is 20.3. The van der Waals surface area contributed by atoms with Crippen LogP contribution in [0.25, 0.3) is 0 Å². The number of alkyl halides is 3. The molecule has 8 heteroatoms. The summed E-state index contributed by atoms with van der Waals surface area (Å²) in [6.45, 7) is 0.146. The van der Waals surface area contributed by atoms with Crippen molar-refractivity contribution in [1.29, 1.82) is 0 Å². The minimum Gasteiger partial charge on any atom is -0.496 e. The second-order valence-electron chi connectivity index (χ2n) is 6.48. The first-order valence-corrected chi connectivity index (χ1v) is 8.75. The second-order valence-corrected chi connectivity index (χ2v) is 6.48. The summed E-state index contributed by atoms with van der Waals surface area (Å²) in [7, 11) is 1.44. The van der Waals surface area contributed by atoms with Gasteiger partial charge in [-0.1, -0.05) is 18.2 Å². The van der Waals surface area contributed by atoms with Crippen molar-refractivity contribution < 1.29 is 31.8 Å². The highest BCUT2D eigenvalue weighted by atomic mass is 19.4. The molecule has 0 radical (unpaired) electrons. The van der Waals surface area contributed by atoms with E-state index >= 15 is 0 Å². The highest BCUT2D eigenvalue weighted by molar-refractivity contribution is 5.77. The largest absolute Gasteiger partial charge is 0.573 e. The number of benzene rings is 2. The van der Waals surface area contributed by atoms with E-state index in [1.165, 1.54) is 43.5 Å². The summed E-state index contributed by atoms with van der Waals surface area (Å²) >= 11 is 0. The Morgan fingerprint density at radius 1 is 1.14 bits per heavy atom. The molecule has 0 aromatic heterocycles. The molecule has 4 nitrogen and oxygen atoms in total. The molecular weight excluding hydrogens is 378 g/mol. The third-order valence-corrected chi connectivity index (χ3v) is 4.64. The predicted octanol–water partition coefficient (Wildman–Crippen LogP) is 4.99. The van der Waals surface area contributed by atoms with Crippen molar-refractivity contribution in [3.8, 4) is 11.5 Å². The van der Waals surface area contributed by atoms with Crippen molar-refractivity contribution in [2.24, 2.45) is 0 Å². The molecule has 1 atom stereocenters. The lowest BCUT2D eigenvalue weighted by molar-refractivity contribution is -0.274. The summed E-state index contributed by atoms with van der Waals surface area (Å²) in [5, 5.41) is 0. The Kier molecular flexibility index (Phi) is 5.76. The summed E-state index contributed by atoms with van der Waals surface area (Å²) in [5.41, 5.74) is 0.931. The Hall–Kier alpha value is -2.77. The van der Waals surface area contributed by atoms with Crippen LogP contribution in [-0.4, -0.2) is 24.3 Å². The van der Waals surface area contributed by atoms with Crippen molar-refractivity contribution in [1.82, 2.24) is 4.90 Å². The zero-order valence-corrected chi connectivity index (χ0v) is 15.1. The van der Waals surface area contributed by atoms with E-state index in [2.05, 4.69) is 4.74 Å². The average molecular weight is 397 g/mol. The molecule has 28 heavy (non-hydrogen) atoms. The van der Waals surface area contributed by atoms with E-state index < -0.39 is 18.2 Å². The average Bonchev–Trinajstić information content (AvgIpc) is 2.63. The van der Waals surface area contributed by atoms with Gasteiger partial charge in [0, 0.05) is 13.0 Å². The van der Waals surface area contributed by atoms with E-state index in [1.54, 1.807) is 11.0 Å². The molecule has 0 bridgehead atoms. The monoisotopic (exact) mass is 397 g/mol. The molecule has 1 saturated heterocycles. The molecule has 3 rings (SSSR count). The van der Waals surface area contributed by atoms with E-state index in [9.17, 15) is 22.4 Å². The smallest absolute Gasteiger partial charge is 0.496 e. The molecule has 2 aromatic rings. The van der Waals surface area contributed by atoms with E-state index in [1.807, 2.05) is 0 Å². The molecule has 1 unspecified atom stereocenters. The first-order valence-electron chi connectivity index (χ1n) is 8.75. The van der Waals surface area contributed by atoms with Crippen LogP contribution in [0.15, 0.2) is 42.5 Å². The van der Waals surface area contributed by atoms with E-state index in [0.717, 1.165) is 0 Å². The first-order chi connectivity index (χ1) is 13.3. The van der Waals surface area contributed by atoms with Gasteiger partial charge < -0.3 is 14.4 Å². The molecule has 1 fully saturated rings. The number of likely N-dealkylation sites (tertiary alicyclic amines) is 1. The molecule has 0 aliphatic carbocycles. The summed E-state index contributed by atoms with van der Waals surface area (Å²) in [6, 6.07) is 9.27. The summed E-state index contributed by atoms with van der Waals surface area (Å²) in [4.78, 5) is 14.1. The predicted molar refractivity (Wildman–Crippen MR) is 93.2 cm³/mol. The molecule has 0 saturated carbocycles. The molecule has 2 aromatic carbocycles. The third kappa shape index (κ3) is 4.55. The van der Waals surface area contributed by atoms with Gasteiger partial charge in [-0.2, -0.15) is 0 Å². The van der Waals surface area contributed by atoms with Crippen LogP contribution in [0.2, 0.25) is 0 Å². The highest BCUT2D eigenvalue weighted by Gasteiger charge is 2.33. The molecular formula is C20H19F4NO3. The number of ether oxygens (including phenoxy) is 2. The van der Waals surface area contributed by atoms with Gasteiger partial charge in [-0.05, 0) is 42.7 Å². The number of amides is 1. The number of halogens is 4. The molecule has 1 heterocycles. The van der Waals surface area contributed by atoms with Crippen LogP contribution < -0.4 is 9.47 Å². The molecule has 0 N–H and O–H groups in total. The van der Waals surface area contributed by atoms with Crippen molar-refractivity contribution >= 4 is 5.91 Å². The number of carbonyl (C=O) groups is 1. The van der Waals surface area contributed by atoms with Gasteiger partial charge in [-0.3, -0.25) is 4.79 Å². The van der Waals surface area contributed by atoms with Crippen molar-refractivity contribution in [3.05, 3.63) is 59.4 Å². The standard InChI is InChI=1S/C20H19F4NO3/c1-27-17-6-2-4-15(21)19(17)16-5-3-7-18(26)25(16)12-13-8-10-14(11-9-13)28-20(22,23)24/h2,4,6,8-11,16H,3,5,7,12H2,1H3. The first kappa shape index (κ1) is 20.0. The Bertz CT molecular complexity index is 836. The van der Waals surface area contributed by atoms with Crippen LogP contribution in [0.4, 0.5) is 17.6 Å². The van der Waals surface area contributed by atoms with Crippen molar-refractivity contribution in [3.63, 3.8) is 0 Å². The summed E-state index contributed by atoms with van der Waals surface area (Å²) < 4.78 is 60.5. The maximum atomic E-state index is 14.5. The number of methoxy groups -OCH3 is 1. The number of carbonyl (C=O) groups excluding carboxylic acids is 1. The Morgan fingerprint density at radius 3 is 2.50 bits per heavy atom. The number of rotatable bonds is 5. The molecule has 1 aliphatic rings. The Balaban J connectivity index is 1.85. The third-order valence-electron chi connectivity index (χ3n) is 4.64. The van der Waals surface area contributed by atoms with E-state index in [-0.39, 0.29) is 18.2 Å². The van der Waals surface area contributed by atoms with E-state index in [4.69, 9.17) is 4.74 Å². The molecule has 1 aliphatic heterocycles. The molecule has 1 amide bonds. The summed E-state index contributed by atoms with van der Waals surface area (Å²) in [6.07, 6.45) is -3.24. The lowest BCUT2D eigenvalue weighted by Crippen LogP contribution is -2.38. The van der Waals surface area contributed by atoms with Crippen LogP contribution in [0.3, 0.4) is 0 Å². The van der Waals surface area contributed by atoms with Gasteiger partial charge in [0.15, 0.2) is 0 Å². The normalized spacial score (nSPS) is 17.5. The number of hydrogen-bond donors (Lipinski definition) is 0. The Labute approximate surface area is 159 Å². The van der Waals surface area contributed by atoms with Crippen LogP contribution in [0, 0.1) is 5.82 Å². The fourth-order valence-corrected chi connectivity index (χ4v) is 3.43. The quantitative estimate of drug-likeness (QED) is 0.668. The van der Waals surface area contributed by atoms with Crippen LogP contribution in [-0.2, 0) is 11.3 Å². The molecule has 150 valence electrons.